The fourth-order valence-corrected chi connectivity index (χ4v) is 12.3. The van der Waals surface area contributed by atoms with E-state index in [2.05, 4.69) is 27.7 Å². The van der Waals surface area contributed by atoms with Gasteiger partial charge in [-0.1, -0.05) is 13.3 Å². The van der Waals surface area contributed by atoms with E-state index in [0.717, 1.165) is 0 Å². The van der Waals surface area contributed by atoms with Crippen molar-refractivity contribution in [3.63, 3.8) is 0 Å². The predicted octanol–water partition coefficient (Wildman–Crippen LogP) is 9.62. The van der Waals surface area contributed by atoms with Crippen LogP contribution in [-0.2, 0) is 0 Å². The molecule has 0 radical (unpaired) electrons. The average Bonchev–Trinajstić information content (AvgIpc) is 2.56. The summed E-state index contributed by atoms with van der Waals surface area (Å²) in [7, 11) is 0. The molecule has 0 atom stereocenters. The molecule has 0 aromatic carbocycles. The van der Waals surface area contributed by atoms with E-state index in [1.54, 1.807) is 0 Å². The number of halogens is 1. The second-order valence-corrected chi connectivity index (χ2v) is 16.9. The molecule has 0 unspecified atom stereocenters. The molecule has 0 rings (SSSR count). The van der Waals surface area contributed by atoms with Crippen LogP contribution in [0.4, 0.5) is 0 Å². The van der Waals surface area contributed by atoms with Crippen LogP contribution in [0, 0.1) is 0 Å². The fourth-order valence-electron chi connectivity index (χ4n) is 4.70. The fraction of sp³-hybridized carbons (Fsp3) is 1.00. The van der Waals surface area contributed by atoms with Gasteiger partial charge >= 0.3 is 153 Å². The van der Waals surface area contributed by atoms with Gasteiger partial charge in [0.1, 0.15) is 0 Å². The minimum atomic E-state index is -1.90. The van der Waals surface area contributed by atoms with Crippen LogP contribution in [-0.4, -0.2) is 24.6 Å². The summed E-state index contributed by atoms with van der Waals surface area (Å²) in [5, 5.41) is 0. The quantitative estimate of drug-likeness (QED) is 0.151. The van der Waals surface area contributed by atoms with Gasteiger partial charge in [-0.15, -0.1) is 0 Å². The van der Waals surface area contributed by atoms with Crippen molar-refractivity contribution in [2.75, 3.05) is 24.6 Å². The Kier molecular flexibility index (Phi) is 16.2. The van der Waals surface area contributed by atoms with E-state index >= 15 is 0 Å². The van der Waals surface area contributed by atoms with Gasteiger partial charge in [0.15, 0.2) is 0 Å². The van der Waals surface area contributed by atoms with Gasteiger partial charge in [0, 0.05) is 0 Å². The van der Waals surface area contributed by atoms with Crippen molar-refractivity contribution < 1.29 is 0 Å². The molecule has 0 spiro atoms. The molecule has 0 aliphatic carbocycles. The summed E-state index contributed by atoms with van der Waals surface area (Å²) in [5.41, 5.74) is 0. The number of unbranched alkanes of at least 4 members (excludes halogenated alkanes) is 11. The van der Waals surface area contributed by atoms with Gasteiger partial charge in [-0.2, -0.15) is 0 Å². The standard InChI is InChI=1S/C23H50ClP/c1-5-9-10-11-12-13-14-15-16-17-18-19-23-25(24,20-6-2,21-7-3)22-8-4/h5-23H2,1-4H3. The zero-order valence-corrected chi connectivity index (χ0v) is 19.9. The van der Waals surface area contributed by atoms with Gasteiger partial charge in [0.05, 0.1) is 0 Å². The maximum atomic E-state index is 7.46. The van der Waals surface area contributed by atoms with Gasteiger partial charge in [0.2, 0.25) is 0 Å². The Bertz CT molecular complexity index is 270. The van der Waals surface area contributed by atoms with Crippen LogP contribution in [0.1, 0.15) is 124 Å². The molecule has 0 saturated carbocycles. The van der Waals surface area contributed by atoms with Crippen molar-refractivity contribution >= 4 is 17.2 Å². The van der Waals surface area contributed by atoms with E-state index in [1.807, 2.05) is 0 Å². The molecule has 0 bridgehead atoms. The molecule has 0 aliphatic heterocycles. The first kappa shape index (κ1) is 25.7. The summed E-state index contributed by atoms with van der Waals surface area (Å²) < 4.78 is 0. The topological polar surface area (TPSA) is 0 Å². The van der Waals surface area contributed by atoms with E-state index in [4.69, 9.17) is 11.2 Å². The van der Waals surface area contributed by atoms with Gasteiger partial charge in [-0.25, -0.2) is 0 Å². The molecule has 0 aromatic rings. The average molecular weight is 393 g/mol. The van der Waals surface area contributed by atoms with Gasteiger partial charge in [0.25, 0.3) is 0 Å². The second kappa shape index (κ2) is 15.7. The molecular weight excluding hydrogens is 343 g/mol. The normalized spacial score (nSPS) is 13.7. The molecule has 154 valence electrons. The Morgan fingerprint density at radius 3 is 1.04 bits per heavy atom. The van der Waals surface area contributed by atoms with E-state index < -0.39 is 5.96 Å². The summed E-state index contributed by atoms with van der Waals surface area (Å²) in [6.07, 6.45) is 26.4. The third-order valence-electron chi connectivity index (χ3n) is 5.92. The third-order valence-corrected chi connectivity index (χ3v) is 14.1. The first-order chi connectivity index (χ1) is 12.0. The zero-order valence-electron chi connectivity index (χ0n) is 18.3. The van der Waals surface area contributed by atoms with Gasteiger partial charge in [-0.3, -0.25) is 0 Å². The molecule has 0 N–H and O–H groups in total. The Morgan fingerprint density at radius 1 is 0.400 bits per heavy atom. The molecule has 0 aromatic heterocycles. The van der Waals surface area contributed by atoms with Crippen LogP contribution < -0.4 is 0 Å². The summed E-state index contributed by atoms with van der Waals surface area (Å²) >= 11 is 7.46. The molecule has 0 saturated heterocycles. The van der Waals surface area contributed by atoms with Crippen LogP contribution >= 0.6 is 17.2 Å². The molecule has 0 aliphatic rings. The van der Waals surface area contributed by atoms with Crippen molar-refractivity contribution in [1.29, 1.82) is 0 Å². The number of hydrogen-bond acceptors (Lipinski definition) is 0. The van der Waals surface area contributed by atoms with Crippen molar-refractivity contribution in [2.24, 2.45) is 0 Å². The predicted molar refractivity (Wildman–Crippen MR) is 124 cm³/mol. The van der Waals surface area contributed by atoms with E-state index in [9.17, 15) is 0 Å². The number of hydrogen-bond donors (Lipinski definition) is 0. The molecule has 2 heteroatoms. The molecule has 0 fully saturated rings. The monoisotopic (exact) mass is 392 g/mol. The summed E-state index contributed by atoms with van der Waals surface area (Å²) in [6.45, 7) is 9.29. The van der Waals surface area contributed by atoms with Crippen LogP contribution in [0.3, 0.4) is 0 Å². The van der Waals surface area contributed by atoms with Gasteiger partial charge in [-0.05, 0) is 0 Å². The molecule has 0 nitrogen and oxygen atoms in total. The van der Waals surface area contributed by atoms with Crippen molar-refractivity contribution in [2.45, 2.75) is 124 Å². The van der Waals surface area contributed by atoms with E-state index in [0.29, 0.717) is 0 Å². The Labute approximate surface area is 166 Å². The van der Waals surface area contributed by atoms with Gasteiger partial charge < -0.3 is 0 Å². The maximum absolute atomic E-state index is 7.46. The van der Waals surface area contributed by atoms with Crippen LogP contribution in [0.2, 0.25) is 0 Å². The summed E-state index contributed by atoms with van der Waals surface area (Å²) in [5.74, 6) is -1.90. The summed E-state index contributed by atoms with van der Waals surface area (Å²) in [4.78, 5) is 0. The Hall–Kier alpha value is 0.720. The van der Waals surface area contributed by atoms with Crippen molar-refractivity contribution in [3.05, 3.63) is 0 Å². The molecule has 0 amide bonds. The van der Waals surface area contributed by atoms with Crippen molar-refractivity contribution in [1.82, 2.24) is 0 Å². The first-order valence-corrected chi connectivity index (χ1v) is 15.6. The SMILES string of the molecule is CCCCCCCCCCCCCCP(Cl)(CCC)(CCC)CCC. The van der Waals surface area contributed by atoms with E-state index in [1.165, 1.54) is 121 Å². The molecular formula is C23H50ClP. The second-order valence-electron chi connectivity index (χ2n) is 8.60. The zero-order chi connectivity index (χ0) is 18.9. The molecule has 25 heavy (non-hydrogen) atoms. The van der Waals surface area contributed by atoms with Crippen LogP contribution in [0.25, 0.3) is 0 Å². The number of rotatable bonds is 19. The first-order valence-electron chi connectivity index (χ1n) is 11.8. The van der Waals surface area contributed by atoms with Crippen molar-refractivity contribution in [3.8, 4) is 0 Å². The van der Waals surface area contributed by atoms with Crippen LogP contribution in [0.5, 0.6) is 0 Å². The third kappa shape index (κ3) is 12.7. The molecule has 0 heterocycles. The van der Waals surface area contributed by atoms with Crippen LogP contribution in [0.15, 0.2) is 0 Å². The van der Waals surface area contributed by atoms with E-state index in [-0.39, 0.29) is 0 Å². The minimum absolute atomic E-state index is 1.28. The Balaban J connectivity index is 3.81. The Morgan fingerprint density at radius 2 is 0.720 bits per heavy atom. The summed E-state index contributed by atoms with van der Waals surface area (Å²) in [6, 6.07) is 0.